The van der Waals surface area contributed by atoms with Crippen LogP contribution in [0.25, 0.3) is 0 Å². The Hall–Kier alpha value is -0.540. The van der Waals surface area contributed by atoms with Crippen LogP contribution in [0.5, 0.6) is 0 Å². The van der Waals surface area contributed by atoms with Crippen LogP contribution >= 0.6 is 0 Å². The first-order chi connectivity index (χ1) is 7.03. The maximum absolute atomic E-state index is 5.77. The Labute approximate surface area is 92.8 Å². The molecule has 0 saturated carbocycles. The summed E-state index contributed by atoms with van der Waals surface area (Å²) >= 11 is 0. The van der Waals surface area contributed by atoms with Crippen molar-refractivity contribution in [3.8, 4) is 0 Å². The average molecular weight is 213 g/mol. The lowest BCUT2D eigenvalue weighted by molar-refractivity contribution is -0.0157. The zero-order valence-corrected chi connectivity index (χ0v) is 10.3. The summed E-state index contributed by atoms with van der Waals surface area (Å²) in [5, 5.41) is 3.38. The number of likely N-dealkylation sites (N-methyl/N-ethyl adjacent to an activating group) is 1. The van der Waals surface area contributed by atoms with Crippen molar-refractivity contribution in [1.82, 2.24) is 5.32 Å². The highest BCUT2D eigenvalue weighted by Gasteiger charge is 2.21. The van der Waals surface area contributed by atoms with E-state index in [0.717, 1.165) is 25.3 Å². The van der Waals surface area contributed by atoms with Gasteiger partial charge in [0.05, 0.1) is 24.9 Å². The second kappa shape index (κ2) is 5.52. The molecule has 88 valence electrons. The van der Waals surface area contributed by atoms with E-state index in [-0.39, 0.29) is 11.6 Å². The molecule has 1 unspecified atom stereocenters. The number of nitrogens with one attached hydrogen (secondary N) is 1. The molecule has 15 heavy (non-hydrogen) atoms. The Morgan fingerprint density at radius 3 is 2.73 bits per heavy atom. The highest BCUT2D eigenvalue weighted by Crippen LogP contribution is 2.16. The Kier molecular flexibility index (Phi) is 4.61. The van der Waals surface area contributed by atoms with Crippen molar-refractivity contribution in [3.05, 3.63) is 11.8 Å². The van der Waals surface area contributed by atoms with Crippen molar-refractivity contribution in [2.45, 2.75) is 45.8 Å². The molecule has 0 aliphatic carbocycles. The van der Waals surface area contributed by atoms with E-state index >= 15 is 0 Å². The van der Waals surface area contributed by atoms with Crippen LogP contribution < -0.4 is 5.32 Å². The molecule has 1 rings (SSSR count). The fourth-order valence-corrected chi connectivity index (χ4v) is 1.50. The third-order valence-corrected chi connectivity index (χ3v) is 2.21. The van der Waals surface area contributed by atoms with Crippen LogP contribution in [0.1, 0.15) is 34.1 Å². The molecule has 0 spiro atoms. The monoisotopic (exact) mass is 213 g/mol. The van der Waals surface area contributed by atoms with E-state index in [0.29, 0.717) is 6.61 Å². The van der Waals surface area contributed by atoms with Crippen molar-refractivity contribution < 1.29 is 9.47 Å². The minimum Gasteiger partial charge on any atom is -0.496 e. The average Bonchev–Trinajstić information content (AvgIpc) is 2.63. The van der Waals surface area contributed by atoms with Crippen molar-refractivity contribution >= 4 is 0 Å². The van der Waals surface area contributed by atoms with Crippen LogP contribution in [-0.4, -0.2) is 31.4 Å². The van der Waals surface area contributed by atoms with Gasteiger partial charge in [0.15, 0.2) is 0 Å². The molecule has 0 aromatic heterocycles. The number of ether oxygens (including phenoxy) is 2. The molecule has 0 aromatic carbocycles. The summed E-state index contributed by atoms with van der Waals surface area (Å²) in [6.45, 7) is 10.7. The van der Waals surface area contributed by atoms with Gasteiger partial charge in [0.1, 0.15) is 5.76 Å². The topological polar surface area (TPSA) is 30.5 Å². The number of hydrogen-bond acceptors (Lipinski definition) is 3. The van der Waals surface area contributed by atoms with Crippen LogP contribution in [0.2, 0.25) is 0 Å². The van der Waals surface area contributed by atoms with Gasteiger partial charge in [0.25, 0.3) is 0 Å². The zero-order chi connectivity index (χ0) is 11.3. The quantitative estimate of drug-likeness (QED) is 0.758. The summed E-state index contributed by atoms with van der Waals surface area (Å²) in [4.78, 5) is 0. The second-order valence-electron chi connectivity index (χ2n) is 4.78. The van der Waals surface area contributed by atoms with Crippen LogP contribution in [0, 0.1) is 0 Å². The standard InChI is InChI=1S/C12H23NO2/c1-5-13-10(9-15-12(2,3)4)11-7-6-8-14-11/h7,10,13H,5-6,8-9H2,1-4H3. The van der Waals surface area contributed by atoms with E-state index in [1.807, 2.05) is 0 Å². The molecule has 3 heteroatoms. The van der Waals surface area contributed by atoms with E-state index in [1.165, 1.54) is 0 Å². The smallest absolute Gasteiger partial charge is 0.111 e. The van der Waals surface area contributed by atoms with Crippen molar-refractivity contribution in [2.75, 3.05) is 19.8 Å². The van der Waals surface area contributed by atoms with E-state index in [4.69, 9.17) is 9.47 Å². The summed E-state index contributed by atoms with van der Waals surface area (Å²) in [6, 6.07) is 0.205. The third-order valence-electron chi connectivity index (χ3n) is 2.21. The number of hydrogen-bond donors (Lipinski definition) is 1. The van der Waals surface area contributed by atoms with Crippen LogP contribution in [0.15, 0.2) is 11.8 Å². The van der Waals surface area contributed by atoms with E-state index in [2.05, 4.69) is 39.1 Å². The highest BCUT2D eigenvalue weighted by atomic mass is 16.5. The van der Waals surface area contributed by atoms with Gasteiger partial charge in [-0.05, 0) is 33.4 Å². The van der Waals surface area contributed by atoms with Gasteiger partial charge in [0.2, 0.25) is 0 Å². The molecule has 1 aliphatic rings. The van der Waals surface area contributed by atoms with Gasteiger partial charge in [-0.2, -0.15) is 0 Å². The van der Waals surface area contributed by atoms with Crippen LogP contribution in [0.3, 0.4) is 0 Å². The summed E-state index contributed by atoms with van der Waals surface area (Å²) in [7, 11) is 0. The van der Waals surface area contributed by atoms with Crippen molar-refractivity contribution in [2.24, 2.45) is 0 Å². The van der Waals surface area contributed by atoms with E-state index in [9.17, 15) is 0 Å². The fourth-order valence-electron chi connectivity index (χ4n) is 1.50. The first kappa shape index (κ1) is 12.5. The Bertz CT molecular complexity index is 218. The second-order valence-corrected chi connectivity index (χ2v) is 4.78. The first-order valence-electron chi connectivity index (χ1n) is 5.73. The van der Waals surface area contributed by atoms with E-state index < -0.39 is 0 Å². The molecule has 3 nitrogen and oxygen atoms in total. The molecule has 1 aliphatic heterocycles. The molecule has 1 heterocycles. The molecule has 1 N–H and O–H groups in total. The van der Waals surface area contributed by atoms with Gasteiger partial charge in [-0.3, -0.25) is 0 Å². The molecule has 0 radical (unpaired) electrons. The molecule has 1 atom stereocenters. The van der Waals surface area contributed by atoms with Crippen LogP contribution in [0.4, 0.5) is 0 Å². The molecule has 0 saturated heterocycles. The predicted octanol–water partition coefficient (Wildman–Crippen LogP) is 2.08. The Morgan fingerprint density at radius 2 is 2.27 bits per heavy atom. The van der Waals surface area contributed by atoms with Gasteiger partial charge < -0.3 is 14.8 Å². The first-order valence-corrected chi connectivity index (χ1v) is 5.73. The van der Waals surface area contributed by atoms with Crippen molar-refractivity contribution in [1.29, 1.82) is 0 Å². The summed E-state index contributed by atoms with van der Waals surface area (Å²) in [5.41, 5.74) is -0.0904. The third kappa shape index (κ3) is 4.67. The zero-order valence-electron chi connectivity index (χ0n) is 10.3. The Morgan fingerprint density at radius 1 is 1.53 bits per heavy atom. The lowest BCUT2D eigenvalue weighted by atomic mass is 10.2. The molecular weight excluding hydrogens is 190 g/mol. The molecule has 0 fully saturated rings. The van der Waals surface area contributed by atoms with Gasteiger partial charge in [-0.1, -0.05) is 6.92 Å². The molecule has 0 aromatic rings. The Balaban J connectivity index is 2.43. The van der Waals surface area contributed by atoms with Crippen LogP contribution in [-0.2, 0) is 9.47 Å². The fraction of sp³-hybridized carbons (Fsp3) is 0.833. The minimum atomic E-state index is -0.0904. The highest BCUT2D eigenvalue weighted by molar-refractivity contribution is 5.07. The SMILES string of the molecule is CCNC(COC(C)(C)C)C1=CCCO1. The van der Waals surface area contributed by atoms with Crippen molar-refractivity contribution in [3.63, 3.8) is 0 Å². The normalized spacial score (nSPS) is 18.5. The van der Waals surface area contributed by atoms with Gasteiger partial charge in [0, 0.05) is 6.42 Å². The maximum atomic E-state index is 5.77. The maximum Gasteiger partial charge on any atom is 0.111 e. The largest absolute Gasteiger partial charge is 0.496 e. The summed E-state index contributed by atoms with van der Waals surface area (Å²) < 4.78 is 11.3. The number of rotatable bonds is 5. The van der Waals surface area contributed by atoms with E-state index in [1.54, 1.807) is 0 Å². The minimum absolute atomic E-state index is 0.0904. The molecule has 0 amide bonds. The molecule has 0 bridgehead atoms. The van der Waals surface area contributed by atoms with Gasteiger partial charge in [-0.15, -0.1) is 0 Å². The van der Waals surface area contributed by atoms with Gasteiger partial charge in [-0.25, -0.2) is 0 Å². The lowest BCUT2D eigenvalue weighted by Crippen LogP contribution is -2.38. The predicted molar refractivity (Wildman–Crippen MR) is 61.8 cm³/mol. The molecular formula is C12H23NO2. The van der Waals surface area contributed by atoms with Gasteiger partial charge >= 0.3 is 0 Å². The summed E-state index contributed by atoms with van der Waals surface area (Å²) in [5.74, 6) is 1.04. The lowest BCUT2D eigenvalue weighted by Gasteiger charge is -2.25. The summed E-state index contributed by atoms with van der Waals surface area (Å²) in [6.07, 6.45) is 3.17.